The SMILES string of the molecule is Cc1ccc(S(=O)(=O)N(CC(=O)Nc2ccc(S(=O)(=O)Nc3ccc(C)c(C)c3)cc2)c2ccc(Cl)c(Cl)c2)cc1. The number of aryl methyl sites for hydroxylation is 3. The van der Waals surface area contributed by atoms with Gasteiger partial charge in [-0.25, -0.2) is 16.8 Å². The van der Waals surface area contributed by atoms with Gasteiger partial charge < -0.3 is 5.32 Å². The maximum Gasteiger partial charge on any atom is 0.264 e. The second kappa shape index (κ2) is 12.1. The number of nitrogens with zero attached hydrogens (tertiary/aromatic N) is 1. The summed E-state index contributed by atoms with van der Waals surface area (Å²) < 4.78 is 56.3. The highest BCUT2D eigenvalue weighted by atomic mass is 35.5. The van der Waals surface area contributed by atoms with Crippen molar-refractivity contribution >= 4 is 66.2 Å². The minimum absolute atomic E-state index is 0.00638. The summed E-state index contributed by atoms with van der Waals surface area (Å²) in [6.45, 7) is 5.07. The number of anilines is 3. The predicted octanol–water partition coefficient (Wildman–Crippen LogP) is 6.55. The Bertz CT molecular complexity index is 1810. The molecule has 0 aliphatic heterocycles. The molecular weight excluding hydrogens is 605 g/mol. The van der Waals surface area contributed by atoms with Gasteiger partial charge in [0.05, 0.1) is 25.5 Å². The lowest BCUT2D eigenvalue weighted by Crippen LogP contribution is -2.38. The van der Waals surface area contributed by atoms with Gasteiger partial charge in [-0.3, -0.25) is 13.8 Å². The second-order valence-corrected chi connectivity index (χ2v) is 13.8. The van der Waals surface area contributed by atoms with Crippen molar-refractivity contribution in [3.05, 3.63) is 112 Å². The van der Waals surface area contributed by atoms with Gasteiger partial charge in [-0.1, -0.05) is 47.0 Å². The van der Waals surface area contributed by atoms with Crippen molar-refractivity contribution in [1.82, 2.24) is 0 Å². The van der Waals surface area contributed by atoms with Crippen LogP contribution in [0.3, 0.4) is 0 Å². The standard InChI is InChI=1S/C29H27Cl2N3O5S2/c1-19-4-11-26(12-5-19)41(38,39)34(24-10-15-27(30)28(31)17-24)18-29(35)32-22-8-13-25(14-9-22)40(36,37)33-23-7-6-20(2)21(3)16-23/h4-17,33H,18H2,1-3H3,(H,32,35). The Hall–Kier alpha value is -3.57. The molecule has 0 aliphatic carbocycles. The molecule has 0 saturated carbocycles. The predicted molar refractivity (Wildman–Crippen MR) is 164 cm³/mol. The van der Waals surface area contributed by atoms with Crippen LogP contribution in [0.25, 0.3) is 0 Å². The Balaban J connectivity index is 1.54. The van der Waals surface area contributed by atoms with Gasteiger partial charge in [0.1, 0.15) is 6.54 Å². The molecule has 0 aromatic heterocycles. The van der Waals surface area contributed by atoms with Crippen molar-refractivity contribution in [3.8, 4) is 0 Å². The molecule has 0 aliphatic rings. The summed E-state index contributed by atoms with van der Waals surface area (Å²) in [5, 5.41) is 2.98. The lowest BCUT2D eigenvalue weighted by atomic mass is 10.1. The number of sulfonamides is 2. The minimum Gasteiger partial charge on any atom is -0.325 e. The molecule has 0 bridgehead atoms. The first-order valence-corrected chi connectivity index (χ1v) is 16.0. The lowest BCUT2D eigenvalue weighted by molar-refractivity contribution is -0.114. The van der Waals surface area contributed by atoms with Gasteiger partial charge in [0.25, 0.3) is 20.0 Å². The third-order valence-corrected chi connectivity index (χ3v) is 10.2. The van der Waals surface area contributed by atoms with Crippen LogP contribution in [0.5, 0.6) is 0 Å². The Morgan fingerprint density at radius 3 is 1.93 bits per heavy atom. The maximum atomic E-state index is 13.6. The van der Waals surface area contributed by atoms with E-state index >= 15 is 0 Å². The van der Waals surface area contributed by atoms with E-state index in [9.17, 15) is 21.6 Å². The summed E-state index contributed by atoms with van der Waals surface area (Å²) in [7, 11) is -8.04. The van der Waals surface area contributed by atoms with Crippen LogP contribution in [0.15, 0.2) is 94.7 Å². The second-order valence-electron chi connectivity index (χ2n) is 9.40. The maximum absolute atomic E-state index is 13.6. The van der Waals surface area contributed by atoms with E-state index in [1.165, 1.54) is 54.6 Å². The molecule has 0 fully saturated rings. The van der Waals surface area contributed by atoms with Crippen molar-refractivity contribution in [2.75, 3.05) is 20.9 Å². The molecule has 0 radical (unpaired) electrons. The fraction of sp³-hybridized carbons (Fsp3) is 0.138. The molecule has 0 saturated heterocycles. The van der Waals surface area contributed by atoms with Crippen molar-refractivity contribution < 1.29 is 21.6 Å². The third-order valence-electron chi connectivity index (χ3n) is 6.29. The van der Waals surface area contributed by atoms with Crippen LogP contribution in [0, 0.1) is 20.8 Å². The number of rotatable bonds is 9. The zero-order valence-electron chi connectivity index (χ0n) is 22.4. The summed E-state index contributed by atoms with van der Waals surface area (Å²) in [5.74, 6) is -0.657. The molecular formula is C29H27Cl2N3O5S2. The molecule has 214 valence electrons. The van der Waals surface area contributed by atoms with E-state index in [2.05, 4.69) is 10.0 Å². The number of hydrogen-bond donors (Lipinski definition) is 2. The van der Waals surface area contributed by atoms with Crippen molar-refractivity contribution in [2.24, 2.45) is 0 Å². The van der Waals surface area contributed by atoms with Gasteiger partial charge in [-0.15, -0.1) is 0 Å². The smallest absolute Gasteiger partial charge is 0.264 e. The molecule has 0 spiro atoms. The van der Waals surface area contributed by atoms with Crippen LogP contribution in [-0.4, -0.2) is 29.3 Å². The van der Waals surface area contributed by atoms with Gasteiger partial charge in [0.15, 0.2) is 0 Å². The van der Waals surface area contributed by atoms with Crippen molar-refractivity contribution in [2.45, 2.75) is 30.6 Å². The molecule has 0 atom stereocenters. The fourth-order valence-electron chi connectivity index (χ4n) is 3.86. The molecule has 2 N–H and O–H groups in total. The molecule has 1 amide bonds. The minimum atomic E-state index is -4.17. The highest BCUT2D eigenvalue weighted by Gasteiger charge is 2.28. The van der Waals surface area contributed by atoms with Crippen LogP contribution >= 0.6 is 23.2 Å². The Morgan fingerprint density at radius 2 is 1.32 bits per heavy atom. The first kappa shape index (κ1) is 30.4. The number of carbonyl (C=O) groups is 1. The average Bonchev–Trinajstić information content (AvgIpc) is 2.91. The first-order chi connectivity index (χ1) is 19.3. The Kier molecular flexibility index (Phi) is 8.98. The topological polar surface area (TPSA) is 113 Å². The van der Waals surface area contributed by atoms with Gasteiger partial charge in [-0.2, -0.15) is 0 Å². The quantitative estimate of drug-likeness (QED) is 0.217. The highest BCUT2D eigenvalue weighted by molar-refractivity contribution is 7.93. The number of halogens is 2. The van der Waals surface area contributed by atoms with E-state index in [0.717, 1.165) is 21.0 Å². The Morgan fingerprint density at radius 1 is 0.707 bits per heavy atom. The van der Waals surface area contributed by atoms with Crippen LogP contribution in [-0.2, 0) is 24.8 Å². The lowest BCUT2D eigenvalue weighted by Gasteiger charge is -2.24. The first-order valence-electron chi connectivity index (χ1n) is 12.3. The molecule has 8 nitrogen and oxygen atoms in total. The summed E-state index contributed by atoms with van der Waals surface area (Å²) >= 11 is 12.2. The van der Waals surface area contributed by atoms with Gasteiger partial charge >= 0.3 is 0 Å². The summed E-state index contributed by atoms with van der Waals surface area (Å²) in [6, 6.07) is 21.3. The van der Waals surface area contributed by atoms with E-state index in [0.29, 0.717) is 5.69 Å². The number of benzene rings is 4. The number of nitrogens with one attached hydrogen (secondary N) is 2. The van der Waals surface area contributed by atoms with Gasteiger partial charge in [-0.05, 0) is 98.6 Å². The normalized spacial score (nSPS) is 11.6. The molecule has 41 heavy (non-hydrogen) atoms. The van der Waals surface area contributed by atoms with Crippen molar-refractivity contribution in [1.29, 1.82) is 0 Å². The highest BCUT2D eigenvalue weighted by Crippen LogP contribution is 2.31. The summed E-state index contributed by atoms with van der Waals surface area (Å²) in [4.78, 5) is 13.0. The molecule has 0 unspecified atom stereocenters. The van der Waals surface area contributed by atoms with E-state index in [4.69, 9.17) is 23.2 Å². The summed E-state index contributed by atoms with van der Waals surface area (Å²) in [5.41, 5.74) is 3.72. The van der Waals surface area contributed by atoms with Crippen LogP contribution < -0.4 is 14.3 Å². The largest absolute Gasteiger partial charge is 0.325 e. The van der Waals surface area contributed by atoms with Crippen LogP contribution in [0.2, 0.25) is 10.0 Å². The molecule has 12 heteroatoms. The molecule has 4 aromatic rings. The average molecular weight is 633 g/mol. The zero-order valence-corrected chi connectivity index (χ0v) is 25.5. The Labute approximate surface area is 250 Å². The zero-order chi connectivity index (χ0) is 29.9. The van der Waals surface area contributed by atoms with Gasteiger partial charge in [0.2, 0.25) is 5.91 Å². The summed E-state index contributed by atoms with van der Waals surface area (Å²) in [6.07, 6.45) is 0. The monoisotopic (exact) mass is 631 g/mol. The van der Waals surface area contributed by atoms with E-state index in [1.807, 2.05) is 26.8 Å². The van der Waals surface area contributed by atoms with Crippen molar-refractivity contribution in [3.63, 3.8) is 0 Å². The molecule has 4 rings (SSSR count). The number of hydrogen-bond acceptors (Lipinski definition) is 5. The van der Waals surface area contributed by atoms with E-state index in [-0.39, 0.29) is 31.2 Å². The van der Waals surface area contributed by atoms with Crippen LogP contribution in [0.4, 0.5) is 17.1 Å². The van der Waals surface area contributed by atoms with E-state index in [1.54, 1.807) is 24.3 Å². The van der Waals surface area contributed by atoms with E-state index < -0.39 is 32.5 Å². The van der Waals surface area contributed by atoms with Gasteiger partial charge in [0, 0.05) is 11.4 Å². The molecule has 0 heterocycles. The number of carbonyl (C=O) groups excluding carboxylic acids is 1. The number of amides is 1. The molecule has 4 aromatic carbocycles. The third kappa shape index (κ3) is 7.20. The van der Waals surface area contributed by atoms with Crippen LogP contribution in [0.1, 0.15) is 16.7 Å². The fourth-order valence-corrected chi connectivity index (χ4v) is 6.61.